The number of hydrogen-bond acceptors (Lipinski definition) is 4. The van der Waals surface area contributed by atoms with Crippen molar-refractivity contribution in [3.05, 3.63) is 59.7 Å². The van der Waals surface area contributed by atoms with Crippen molar-refractivity contribution in [2.45, 2.75) is 11.8 Å². The van der Waals surface area contributed by atoms with Gasteiger partial charge in [-0.05, 0) is 35.4 Å². The zero-order chi connectivity index (χ0) is 14.3. The first-order valence-electron chi connectivity index (χ1n) is 6.19. The van der Waals surface area contributed by atoms with Crippen LogP contribution in [0.5, 0.6) is 0 Å². The number of benzene rings is 1. The van der Waals surface area contributed by atoms with Gasteiger partial charge in [0.05, 0.1) is 0 Å². The summed E-state index contributed by atoms with van der Waals surface area (Å²) in [6.45, 7) is 0. The molecular weight excluding hydrogens is 256 g/mol. The minimum Gasteiger partial charge on any atom is -0.294 e. The Morgan fingerprint density at radius 1 is 0.500 bits per heavy atom. The Kier molecular flexibility index (Phi) is 2.79. The summed E-state index contributed by atoms with van der Waals surface area (Å²) < 4.78 is 0. The Morgan fingerprint density at radius 2 is 0.750 bits per heavy atom. The van der Waals surface area contributed by atoms with Crippen molar-refractivity contribution < 1.29 is 19.2 Å². The van der Waals surface area contributed by atoms with Crippen LogP contribution in [0.1, 0.15) is 23.0 Å². The van der Waals surface area contributed by atoms with Crippen LogP contribution in [0.3, 0.4) is 0 Å². The van der Waals surface area contributed by atoms with Gasteiger partial charge in [-0.15, -0.1) is 0 Å². The molecule has 3 rings (SSSR count). The molecule has 4 nitrogen and oxygen atoms in total. The van der Waals surface area contributed by atoms with E-state index in [1.165, 1.54) is 24.3 Å². The van der Waals surface area contributed by atoms with E-state index in [2.05, 4.69) is 0 Å². The maximum atomic E-state index is 11.6. The minimum atomic E-state index is -0.780. The van der Waals surface area contributed by atoms with Crippen molar-refractivity contribution in [1.29, 1.82) is 0 Å². The second-order valence-electron chi connectivity index (χ2n) is 4.81. The lowest BCUT2D eigenvalue weighted by Gasteiger charge is -2.11. The van der Waals surface area contributed by atoms with Gasteiger partial charge in [0.2, 0.25) is 0 Å². The zero-order valence-electron chi connectivity index (χ0n) is 10.4. The predicted molar refractivity (Wildman–Crippen MR) is 70.2 cm³/mol. The Balaban J connectivity index is 1.89. The fourth-order valence-electron chi connectivity index (χ4n) is 2.53. The molecule has 0 unspecified atom stereocenters. The normalized spacial score (nSPS) is 19.6. The molecule has 0 aromatic heterocycles. The van der Waals surface area contributed by atoms with Crippen LogP contribution in [-0.4, -0.2) is 23.1 Å². The molecule has 1 aromatic rings. The highest BCUT2D eigenvalue weighted by atomic mass is 16.2. The fraction of sp³-hybridized carbons (Fsp3) is 0.125. The van der Waals surface area contributed by atoms with Crippen molar-refractivity contribution in [1.82, 2.24) is 0 Å². The molecule has 0 N–H and O–H groups in total. The molecule has 0 heterocycles. The van der Waals surface area contributed by atoms with Crippen molar-refractivity contribution in [2.75, 3.05) is 0 Å². The molecule has 0 atom stereocenters. The molecule has 0 amide bonds. The quantitative estimate of drug-likeness (QED) is 0.756. The van der Waals surface area contributed by atoms with E-state index in [4.69, 9.17) is 0 Å². The van der Waals surface area contributed by atoms with E-state index in [1.807, 2.05) is 0 Å². The average Bonchev–Trinajstić information content (AvgIpc) is 2.94. The molecule has 0 spiro atoms. The van der Waals surface area contributed by atoms with Crippen LogP contribution in [0.2, 0.25) is 0 Å². The molecule has 0 fully saturated rings. The lowest BCUT2D eigenvalue weighted by Crippen LogP contribution is -2.15. The van der Waals surface area contributed by atoms with Crippen molar-refractivity contribution >= 4 is 23.1 Å². The first kappa shape index (κ1) is 12.4. The van der Waals surface area contributed by atoms with Crippen LogP contribution < -0.4 is 0 Å². The highest BCUT2D eigenvalue weighted by molar-refractivity contribution is 6.23. The Hall–Kier alpha value is -2.62. The van der Waals surface area contributed by atoms with E-state index < -0.39 is 11.8 Å². The molecule has 4 heteroatoms. The van der Waals surface area contributed by atoms with Gasteiger partial charge < -0.3 is 0 Å². The topological polar surface area (TPSA) is 68.3 Å². The van der Waals surface area contributed by atoms with Gasteiger partial charge in [0, 0.05) is 0 Å². The first-order chi connectivity index (χ1) is 9.58. The number of carbonyl (C=O) groups excluding carboxylic acids is 4. The van der Waals surface area contributed by atoms with Crippen LogP contribution in [0.15, 0.2) is 48.6 Å². The number of rotatable bonds is 2. The van der Waals surface area contributed by atoms with Gasteiger partial charge in [-0.25, -0.2) is 0 Å². The summed E-state index contributed by atoms with van der Waals surface area (Å²) in [5.74, 6) is -2.51. The van der Waals surface area contributed by atoms with Gasteiger partial charge in [-0.2, -0.15) is 0 Å². The van der Waals surface area contributed by atoms with E-state index in [1.54, 1.807) is 24.3 Å². The van der Waals surface area contributed by atoms with E-state index in [9.17, 15) is 19.2 Å². The maximum Gasteiger partial charge on any atom is 0.171 e. The molecule has 0 saturated heterocycles. The third-order valence-electron chi connectivity index (χ3n) is 3.56. The standard InChI is InChI=1S/C16H10O4/c17-11-5-6-12(18)15(11)9-1-2-10(4-3-9)16-13(19)7-8-14(16)20/h1-8,15-16H. The fourth-order valence-corrected chi connectivity index (χ4v) is 2.53. The van der Waals surface area contributed by atoms with E-state index in [0.29, 0.717) is 11.1 Å². The first-order valence-corrected chi connectivity index (χ1v) is 6.19. The summed E-state index contributed by atoms with van der Waals surface area (Å²) in [7, 11) is 0. The summed E-state index contributed by atoms with van der Waals surface area (Å²) >= 11 is 0. The minimum absolute atomic E-state index is 0.238. The molecule has 0 radical (unpaired) electrons. The second-order valence-corrected chi connectivity index (χ2v) is 4.81. The van der Waals surface area contributed by atoms with Gasteiger partial charge in [0.1, 0.15) is 11.8 Å². The number of allylic oxidation sites excluding steroid dienone is 4. The molecule has 0 saturated carbocycles. The second kappa shape index (κ2) is 4.49. The van der Waals surface area contributed by atoms with E-state index >= 15 is 0 Å². The lowest BCUT2D eigenvalue weighted by atomic mass is 9.90. The highest BCUT2D eigenvalue weighted by Crippen LogP contribution is 2.28. The van der Waals surface area contributed by atoms with Gasteiger partial charge in [0.15, 0.2) is 23.1 Å². The van der Waals surface area contributed by atoms with Crippen LogP contribution in [0.4, 0.5) is 0 Å². The van der Waals surface area contributed by atoms with Gasteiger partial charge in [-0.3, -0.25) is 19.2 Å². The third kappa shape index (κ3) is 1.86. The number of carbonyl (C=O) groups is 4. The van der Waals surface area contributed by atoms with E-state index in [0.717, 1.165) is 0 Å². The monoisotopic (exact) mass is 266 g/mol. The molecule has 98 valence electrons. The Bertz CT molecular complexity index is 595. The van der Waals surface area contributed by atoms with Crippen LogP contribution in [-0.2, 0) is 19.2 Å². The molecule has 2 aliphatic carbocycles. The SMILES string of the molecule is O=C1C=CC(=O)C1c1ccc(C2C(=O)C=CC2=O)cc1. The molecule has 20 heavy (non-hydrogen) atoms. The smallest absolute Gasteiger partial charge is 0.171 e. The molecule has 0 bridgehead atoms. The zero-order valence-corrected chi connectivity index (χ0v) is 10.4. The van der Waals surface area contributed by atoms with Crippen LogP contribution in [0, 0.1) is 0 Å². The van der Waals surface area contributed by atoms with Gasteiger partial charge in [-0.1, -0.05) is 24.3 Å². The van der Waals surface area contributed by atoms with Crippen LogP contribution in [0.25, 0.3) is 0 Å². The van der Waals surface area contributed by atoms with E-state index in [-0.39, 0.29) is 23.1 Å². The van der Waals surface area contributed by atoms with Crippen molar-refractivity contribution in [2.24, 2.45) is 0 Å². The summed E-state index contributed by atoms with van der Waals surface area (Å²) in [4.78, 5) is 46.4. The maximum absolute atomic E-state index is 11.6. The third-order valence-corrected chi connectivity index (χ3v) is 3.56. The average molecular weight is 266 g/mol. The number of hydrogen-bond donors (Lipinski definition) is 0. The molecular formula is C16H10O4. The summed E-state index contributed by atoms with van der Waals surface area (Å²) in [6, 6.07) is 6.51. The summed E-state index contributed by atoms with van der Waals surface area (Å²) in [6.07, 6.45) is 5.09. The van der Waals surface area contributed by atoms with Crippen molar-refractivity contribution in [3.63, 3.8) is 0 Å². The summed E-state index contributed by atoms with van der Waals surface area (Å²) in [5, 5.41) is 0. The highest BCUT2D eigenvalue weighted by Gasteiger charge is 2.32. The summed E-state index contributed by atoms with van der Waals surface area (Å²) in [5.41, 5.74) is 1.17. The lowest BCUT2D eigenvalue weighted by molar-refractivity contribution is -0.124. The number of ketones is 4. The predicted octanol–water partition coefficient (Wildman–Crippen LogP) is 1.27. The van der Waals surface area contributed by atoms with Crippen molar-refractivity contribution in [3.8, 4) is 0 Å². The Morgan fingerprint density at radius 3 is 1.00 bits per heavy atom. The van der Waals surface area contributed by atoms with Gasteiger partial charge >= 0.3 is 0 Å². The molecule has 0 aliphatic heterocycles. The largest absolute Gasteiger partial charge is 0.294 e. The molecule has 2 aliphatic rings. The Labute approximate surface area is 114 Å². The molecule has 1 aromatic carbocycles. The van der Waals surface area contributed by atoms with Gasteiger partial charge in [0.25, 0.3) is 0 Å². The van der Waals surface area contributed by atoms with Crippen LogP contribution >= 0.6 is 0 Å².